The van der Waals surface area contributed by atoms with Crippen molar-refractivity contribution in [3.05, 3.63) is 57.0 Å². The molecule has 0 saturated heterocycles. The highest BCUT2D eigenvalue weighted by atomic mass is 79.9. The average molecular weight is 378 g/mol. The lowest BCUT2D eigenvalue weighted by molar-refractivity contribution is 0.598. The fourth-order valence-electron chi connectivity index (χ4n) is 1.59. The molecule has 0 heterocycles. The summed E-state index contributed by atoms with van der Waals surface area (Å²) in [5, 5.41) is 3.20. The molecule has 0 fully saturated rings. The van der Waals surface area contributed by atoms with Gasteiger partial charge in [0, 0.05) is 22.3 Å². The van der Waals surface area contributed by atoms with Crippen molar-refractivity contribution in [2.75, 3.05) is 5.32 Å². The maximum atomic E-state index is 13.8. The van der Waals surface area contributed by atoms with E-state index in [4.69, 9.17) is 29.6 Å². The van der Waals surface area contributed by atoms with Crippen LogP contribution < -0.4 is 11.1 Å². The van der Waals surface area contributed by atoms with Gasteiger partial charge in [-0.1, -0.05) is 23.8 Å². The smallest absolute Gasteiger partial charge is 0.147 e. The van der Waals surface area contributed by atoms with Crippen LogP contribution in [0.15, 0.2) is 34.8 Å². The van der Waals surface area contributed by atoms with Crippen LogP contribution in [0.1, 0.15) is 5.56 Å². The molecule has 0 amide bonds. The van der Waals surface area contributed by atoms with Crippen LogP contribution >= 0.6 is 39.7 Å². The van der Waals surface area contributed by atoms with E-state index < -0.39 is 11.6 Å². The SMILES string of the molecule is NC(=S)c1cc(Cl)ccc1Nc1cc(F)c(Br)cc1F. The normalized spacial score (nSPS) is 10.4. The Kier molecular flexibility index (Phi) is 4.57. The molecule has 0 spiro atoms. The van der Waals surface area contributed by atoms with E-state index >= 15 is 0 Å². The first-order chi connectivity index (χ1) is 9.38. The summed E-state index contributed by atoms with van der Waals surface area (Å²) in [4.78, 5) is 0.105. The number of hydrogen-bond acceptors (Lipinski definition) is 2. The van der Waals surface area contributed by atoms with Gasteiger partial charge in [0.05, 0.1) is 10.2 Å². The highest BCUT2D eigenvalue weighted by molar-refractivity contribution is 9.10. The second-order valence-corrected chi connectivity index (χ2v) is 5.66. The van der Waals surface area contributed by atoms with Crippen LogP contribution in [0.25, 0.3) is 0 Å². The maximum Gasteiger partial charge on any atom is 0.147 e. The predicted octanol–water partition coefficient (Wildman–Crippen LogP) is 4.76. The van der Waals surface area contributed by atoms with Crippen molar-refractivity contribution in [3.63, 3.8) is 0 Å². The van der Waals surface area contributed by atoms with E-state index in [2.05, 4.69) is 21.2 Å². The summed E-state index contributed by atoms with van der Waals surface area (Å²) >= 11 is 13.7. The van der Waals surface area contributed by atoms with Gasteiger partial charge in [0.1, 0.15) is 16.6 Å². The van der Waals surface area contributed by atoms with Crippen LogP contribution in [-0.2, 0) is 0 Å². The molecule has 3 N–H and O–H groups in total. The standard InChI is InChI=1S/C13H8BrClF2N2S/c14-8-4-10(17)12(5-9(8)16)19-11-2-1-6(15)3-7(11)13(18)20/h1-5,19H,(H2,18,20). The van der Waals surface area contributed by atoms with Crippen LogP contribution in [0.5, 0.6) is 0 Å². The summed E-state index contributed by atoms with van der Waals surface area (Å²) in [6.45, 7) is 0. The Morgan fingerprint density at radius 1 is 1.15 bits per heavy atom. The quantitative estimate of drug-likeness (QED) is 0.598. The van der Waals surface area contributed by atoms with Gasteiger partial charge in [-0.25, -0.2) is 8.78 Å². The van der Waals surface area contributed by atoms with Crippen LogP contribution in [0.3, 0.4) is 0 Å². The van der Waals surface area contributed by atoms with Gasteiger partial charge in [0.25, 0.3) is 0 Å². The molecule has 20 heavy (non-hydrogen) atoms. The van der Waals surface area contributed by atoms with Crippen molar-refractivity contribution < 1.29 is 8.78 Å². The molecule has 0 atom stereocenters. The lowest BCUT2D eigenvalue weighted by Gasteiger charge is -2.13. The van der Waals surface area contributed by atoms with E-state index in [1.54, 1.807) is 18.2 Å². The van der Waals surface area contributed by atoms with E-state index in [1.165, 1.54) is 0 Å². The third-order valence-electron chi connectivity index (χ3n) is 2.53. The van der Waals surface area contributed by atoms with E-state index in [0.29, 0.717) is 16.3 Å². The average Bonchev–Trinajstić information content (AvgIpc) is 2.37. The Hall–Kier alpha value is -1.24. The minimum Gasteiger partial charge on any atom is -0.389 e. The molecule has 2 aromatic rings. The molecular formula is C13H8BrClF2N2S. The van der Waals surface area contributed by atoms with Gasteiger partial charge in [-0.2, -0.15) is 0 Å². The molecule has 0 aliphatic rings. The van der Waals surface area contributed by atoms with Gasteiger partial charge in [-0.05, 0) is 40.2 Å². The third kappa shape index (κ3) is 3.26. The first-order valence-electron chi connectivity index (χ1n) is 5.39. The summed E-state index contributed by atoms with van der Waals surface area (Å²) in [6, 6.07) is 6.82. The highest BCUT2D eigenvalue weighted by Crippen LogP contribution is 2.28. The molecule has 7 heteroatoms. The van der Waals surface area contributed by atoms with Crippen LogP contribution in [0.4, 0.5) is 20.2 Å². The van der Waals surface area contributed by atoms with Crippen molar-refractivity contribution in [2.24, 2.45) is 5.73 Å². The molecule has 0 saturated carbocycles. The molecule has 104 valence electrons. The second-order valence-electron chi connectivity index (χ2n) is 3.93. The minimum absolute atomic E-state index is 0.0227. The number of nitrogens with one attached hydrogen (secondary N) is 1. The Balaban J connectivity index is 2.45. The fraction of sp³-hybridized carbons (Fsp3) is 0. The number of halogens is 4. The van der Waals surface area contributed by atoms with Crippen LogP contribution in [0, 0.1) is 11.6 Å². The number of rotatable bonds is 3. The van der Waals surface area contributed by atoms with Crippen LogP contribution in [-0.4, -0.2) is 4.99 Å². The molecular weight excluding hydrogens is 370 g/mol. The Bertz CT molecular complexity index is 694. The maximum absolute atomic E-state index is 13.8. The molecule has 2 aromatic carbocycles. The van der Waals surface area contributed by atoms with Gasteiger partial charge >= 0.3 is 0 Å². The first kappa shape index (κ1) is 15.2. The van der Waals surface area contributed by atoms with E-state index in [-0.39, 0.29) is 15.1 Å². The summed E-state index contributed by atoms with van der Waals surface area (Å²) in [5.41, 5.74) is 6.46. The minimum atomic E-state index is -0.609. The molecule has 0 bridgehead atoms. The van der Waals surface area contributed by atoms with Crippen molar-refractivity contribution in [1.29, 1.82) is 0 Å². The van der Waals surface area contributed by atoms with Crippen molar-refractivity contribution in [2.45, 2.75) is 0 Å². The van der Waals surface area contributed by atoms with Gasteiger partial charge in [0.2, 0.25) is 0 Å². The van der Waals surface area contributed by atoms with Gasteiger partial charge in [-0.15, -0.1) is 0 Å². The van der Waals surface area contributed by atoms with Gasteiger partial charge in [0.15, 0.2) is 0 Å². The zero-order valence-electron chi connectivity index (χ0n) is 9.88. The van der Waals surface area contributed by atoms with Gasteiger partial charge < -0.3 is 11.1 Å². The van der Waals surface area contributed by atoms with Crippen molar-refractivity contribution in [1.82, 2.24) is 0 Å². The van der Waals surface area contributed by atoms with Crippen molar-refractivity contribution in [3.8, 4) is 0 Å². The Morgan fingerprint density at radius 2 is 1.85 bits per heavy atom. The number of nitrogens with two attached hydrogens (primary N) is 1. The Morgan fingerprint density at radius 3 is 2.50 bits per heavy atom. The van der Waals surface area contributed by atoms with Crippen molar-refractivity contribution >= 4 is 56.1 Å². The second kappa shape index (κ2) is 6.03. The monoisotopic (exact) mass is 376 g/mol. The zero-order valence-corrected chi connectivity index (χ0v) is 13.0. The fourth-order valence-corrected chi connectivity index (χ4v) is 2.25. The van der Waals surface area contributed by atoms with Gasteiger partial charge in [-0.3, -0.25) is 0 Å². The topological polar surface area (TPSA) is 38.0 Å². The van der Waals surface area contributed by atoms with E-state index in [0.717, 1.165) is 12.1 Å². The number of thiocarbonyl (C=S) groups is 1. The summed E-state index contributed by atoms with van der Waals surface area (Å²) in [6.07, 6.45) is 0. The first-order valence-corrected chi connectivity index (χ1v) is 6.97. The number of anilines is 2. The van der Waals surface area contributed by atoms with E-state index in [1.807, 2.05) is 0 Å². The third-order valence-corrected chi connectivity index (χ3v) is 3.59. The number of benzene rings is 2. The molecule has 2 rings (SSSR count). The van der Waals surface area contributed by atoms with E-state index in [9.17, 15) is 8.78 Å². The molecule has 0 unspecified atom stereocenters. The summed E-state index contributed by atoms with van der Waals surface area (Å²) in [7, 11) is 0. The predicted molar refractivity (Wildman–Crippen MR) is 84.7 cm³/mol. The highest BCUT2D eigenvalue weighted by Gasteiger charge is 2.12. The molecule has 0 aliphatic carbocycles. The Labute approximate surface area is 133 Å². The number of hydrogen-bond donors (Lipinski definition) is 2. The zero-order chi connectivity index (χ0) is 14.9. The summed E-state index contributed by atoms with van der Waals surface area (Å²) < 4.78 is 27.3. The van der Waals surface area contributed by atoms with Crippen LogP contribution in [0.2, 0.25) is 5.02 Å². The molecule has 0 radical (unpaired) electrons. The summed E-state index contributed by atoms with van der Waals surface area (Å²) in [5.74, 6) is -1.19. The largest absolute Gasteiger partial charge is 0.389 e. The molecule has 0 aromatic heterocycles. The molecule has 2 nitrogen and oxygen atoms in total. The lowest BCUT2D eigenvalue weighted by atomic mass is 10.1. The lowest BCUT2D eigenvalue weighted by Crippen LogP contribution is -2.12. The molecule has 0 aliphatic heterocycles.